The first-order valence-corrected chi connectivity index (χ1v) is 6.92. The van der Waals surface area contributed by atoms with Crippen molar-refractivity contribution in [3.05, 3.63) is 34.4 Å². The Bertz CT molecular complexity index is 625. The standard InChI is InChI=1S/C13H14BrN3O2/c14-8-1-2-11-9(5-8)10(6-16-11)12-7-17(13(18)19)4-3-15-12/h1-2,5-6,12,15-16H,3-4,7H2,(H,18,19). The number of fused-ring (bicyclic) bond motifs is 1. The van der Waals surface area contributed by atoms with Crippen LogP contribution in [0.25, 0.3) is 10.9 Å². The third-order valence-corrected chi connectivity index (χ3v) is 3.99. The molecule has 2 aromatic rings. The van der Waals surface area contributed by atoms with Crippen molar-refractivity contribution in [3.63, 3.8) is 0 Å². The van der Waals surface area contributed by atoms with Crippen molar-refractivity contribution >= 4 is 32.9 Å². The maximum Gasteiger partial charge on any atom is 0.407 e. The number of H-pyrrole nitrogens is 1. The van der Waals surface area contributed by atoms with Gasteiger partial charge < -0.3 is 20.3 Å². The van der Waals surface area contributed by atoms with Crippen molar-refractivity contribution < 1.29 is 9.90 Å². The molecule has 1 aromatic carbocycles. The molecule has 0 aliphatic carbocycles. The van der Waals surface area contributed by atoms with Crippen LogP contribution in [0.1, 0.15) is 11.6 Å². The second kappa shape index (κ2) is 4.86. The van der Waals surface area contributed by atoms with Crippen LogP contribution in [0.15, 0.2) is 28.9 Å². The normalized spacial score (nSPS) is 19.8. The van der Waals surface area contributed by atoms with E-state index in [9.17, 15) is 4.79 Å². The molecule has 0 spiro atoms. The van der Waals surface area contributed by atoms with E-state index in [1.54, 1.807) is 0 Å². The molecule has 6 heteroatoms. The van der Waals surface area contributed by atoms with Crippen LogP contribution < -0.4 is 5.32 Å². The lowest BCUT2D eigenvalue weighted by Crippen LogP contribution is -2.47. The molecule has 1 aromatic heterocycles. The number of carbonyl (C=O) groups is 1. The third kappa shape index (κ3) is 2.33. The molecule has 0 saturated carbocycles. The SMILES string of the molecule is O=C(O)N1CCNC(c2c[nH]c3ccc(Br)cc23)C1. The molecular formula is C13H14BrN3O2. The minimum absolute atomic E-state index is 0.0351. The Labute approximate surface area is 118 Å². The number of piperazine rings is 1. The van der Waals surface area contributed by atoms with Gasteiger partial charge in [-0.2, -0.15) is 0 Å². The van der Waals surface area contributed by atoms with E-state index in [-0.39, 0.29) is 6.04 Å². The fourth-order valence-corrected chi connectivity index (χ4v) is 2.90. The highest BCUT2D eigenvalue weighted by atomic mass is 79.9. The summed E-state index contributed by atoms with van der Waals surface area (Å²) in [5, 5.41) is 13.6. The van der Waals surface area contributed by atoms with E-state index in [1.807, 2.05) is 18.3 Å². The lowest BCUT2D eigenvalue weighted by molar-refractivity contribution is 0.129. The molecule has 3 N–H and O–H groups in total. The van der Waals surface area contributed by atoms with Crippen LogP contribution in [0.5, 0.6) is 0 Å². The molecule has 5 nitrogen and oxygen atoms in total. The fourth-order valence-electron chi connectivity index (χ4n) is 2.53. The molecule has 1 amide bonds. The Morgan fingerprint density at radius 3 is 3.11 bits per heavy atom. The zero-order valence-electron chi connectivity index (χ0n) is 10.2. The predicted molar refractivity (Wildman–Crippen MR) is 76.3 cm³/mol. The van der Waals surface area contributed by atoms with E-state index < -0.39 is 6.09 Å². The lowest BCUT2D eigenvalue weighted by Gasteiger charge is -2.31. The van der Waals surface area contributed by atoms with Gasteiger partial charge in [0.15, 0.2) is 0 Å². The molecule has 1 aliphatic rings. The number of rotatable bonds is 1. The minimum Gasteiger partial charge on any atom is -0.465 e. The predicted octanol–water partition coefficient (Wildman–Crippen LogP) is 2.55. The summed E-state index contributed by atoms with van der Waals surface area (Å²) in [6.07, 6.45) is 1.10. The number of halogens is 1. The van der Waals surface area contributed by atoms with E-state index in [2.05, 4.69) is 32.3 Å². The van der Waals surface area contributed by atoms with Crippen molar-refractivity contribution in [1.82, 2.24) is 15.2 Å². The molecule has 1 atom stereocenters. The van der Waals surface area contributed by atoms with Crippen LogP contribution in [-0.4, -0.2) is 40.7 Å². The summed E-state index contributed by atoms with van der Waals surface area (Å²) in [7, 11) is 0. The lowest BCUT2D eigenvalue weighted by atomic mass is 10.0. The van der Waals surface area contributed by atoms with Gasteiger partial charge in [0.1, 0.15) is 0 Å². The van der Waals surface area contributed by atoms with Crippen LogP contribution in [0, 0.1) is 0 Å². The molecule has 2 heterocycles. The first kappa shape index (κ1) is 12.5. The molecule has 0 radical (unpaired) electrons. The van der Waals surface area contributed by atoms with Gasteiger partial charge in [0.2, 0.25) is 0 Å². The Hall–Kier alpha value is -1.53. The van der Waals surface area contributed by atoms with Crippen molar-refractivity contribution in [2.75, 3.05) is 19.6 Å². The minimum atomic E-state index is -0.854. The Balaban J connectivity index is 1.95. The van der Waals surface area contributed by atoms with Crippen LogP contribution >= 0.6 is 15.9 Å². The van der Waals surface area contributed by atoms with Gasteiger partial charge in [-0.1, -0.05) is 15.9 Å². The molecule has 0 bridgehead atoms. The molecule has 19 heavy (non-hydrogen) atoms. The molecule has 3 rings (SSSR count). The smallest absolute Gasteiger partial charge is 0.407 e. The van der Waals surface area contributed by atoms with E-state index in [0.29, 0.717) is 19.6 Å². The van der Waals surface area contributed by atoms with Crippen LogP contribution in [0.4, 0.5) is 4.79 Å². The highest BCUT2D eigenvalue weighted by Crippen LogP contribution is 2.28. The maximum absolute atomic E-state index is 11.1. The van der Waals surface area contributed by atoms with Crippen molar-refractivity contribution in [2.24, 2.45) is 0 Å². The number of hydrogen-bond acceptors (Lipinski definition) is 2. The van der Waals surface area contributed by atoms with Gasteiger partial charge >= 0.3 is 6.09 Å². The third-order valence-electron chi connectivity index (χ3n) is 3.50. The van der Waals surface area contributed by atoms with Crippen LogP contribution in [-0.2, 0) is 0 Å². The topological polar surface area (TPSA) is 68.4 Å². The average molecular weight is 324 g/mol. The highest BCUT2D eigenvalue weighted by Gasteiger charge is 2.25. The number of amides is 1. The zero-order chi connectivity index (χ0) is 13.4. The number of nitrogens with one attached hydrogen (secondary N) is 2. The van der Waals surface area contributed by atoms with Gasteiger partial charge in [0.25, 0.3) is 0 Å². The molecule has 1 aliphatic heterocycles. The summed E-state index contributed by atoms with van der Waals surface area (Å²) in [4.78, 5) is 15.8. The maximum atomic E-state index is 11.1. The second-order valence-corrected chi connectivity index (χ2v) is 5.58. The Morgan fingerprint density at radius 1 is 1.47 bits per heavy atom. The number of aromatic nitrogens is 1. The molecule has 1 unspecified atom stereocenters. The van der Waals surface area contributed by atoms with E-state index in [4.69, 9.17) is 5.11 Å². The zero-order valence-corrected chi connectivity index (χ0v) is 11.8. The summed E-state index contributed by atoms with van der Waals surface area (Å²) in [5.41, 5.74) is 2.18. The fraction of sp³-hybridized carbons (Fsp3) is 0.308. The van der Waals surface area contributed by atoms with Crippen LogP contribution in [0.3, 0.4) is 0 Å². The average Bonchev–Trinajstić information content (AvgIpc) is 2.81. The van der Waals surface area contributed by atoms with Gasteiger partial charge in [0.05, 0.1) is 6.04 Å². The number of aromatic amines is 1. The number of nitrogens with zero attached hydrogens (tertiary/aromatic N) is 1. The van der Waals surface area contributed by atoms with E-state index in [1.165, 1.54) is 4.90 Å². The monoisotopic (exact) mass is 323 g/mol. The Kier molecular flexibility index (Phi) is 3.20. The van der Waals surface area contributed by atoms with Crippen molar-refractivity contribution in [3.8, 4) is 0 Å². The highest BCUT2D eigenvalue weighted by molar-refractivity contribution is 9.10. The van der Waals surface area contributed by atoms with Gasteiger partial charge in [-0.3, -0.25) is 0 Å². The largest absolute Gasteiger partial charge is 0.465 e. The second-order valence-electron chi connectivity index (χ2n) is 4.67. The molecule has 1 saturated heterocycles. The van der Waals surface area contributed by atoms with Gasteiger partial charge in [-0.15, -0.1) is 0 Å². The van der Waals surface area contributed by atoms with Crippen LogP contribution in [0.2, 0.25) is 0 Å². The van der Waals surface area contributed by atoms with E-state index >= 15 is 0 Å². The molecule has 100 valence electrons. The van der Waals surface area contributed by atoms with Crippen molar-refractivity contribution in [1.29, 1.82) is 0 Å². The first-order valence-electron chi connectivity index (χ1n) is 6.13. The van der Waals surface area contributed by atoms with Gasteiger partial charge in [0, 0.05) is 41.2 Å². The summed E-state index contributed by atoms with van der Waals surface area (Å²) < 4.78 is 1.02. The summed E-state index contributed by atoms with van der Waals surface area (Å²) >= 11 is 3.47. The number of hydrogen-bond donors (Lipinski definition) is 3. The van der Waals surface area contributed by atoms with Gasteiger partial charge in [-0.25, -0.2) is 4.79 Å². The van der Waals surface area contributed by atoms with E-state index in [0.717, 1.165) is 20.9 Å². The summed E-state index contributed by atoms with van der Waals surface area (Å²) in [6, 6.07) is 6.09. The summed E-state index contributed by atoms with van der Waals surface area (Å²) in [6.45, 7) is 1.70. The molecule has 1 fully saturated rings. The number of benzene rings is 1. The Morgan fingerprint density at radius 2 is 2.32 bits per heavy atom. The number of carboxylic acid groups (broad SMARTS) is 1. The van der Waals surface area contributed by atoms with Gasteiger partial charge in [-0.05, 0) is 23.8 Å². The van der Waals surface area contributed by atoms with Crippen molar-refractivity contribution in [2.45, 2.75) is 6.04 Å². The first-order chi connectivity index (χ1) is 9.15. The summed E-state index contributed by atoms with van der Waals surface area (Å²) in [5.74, 6) is 0. The molecular weight excluding hydrogens is 310 g/mol. The quantitative estimate of drug-likeness (QED) is 0.755.